The molecule has 29 heavy (non-hydrogen) atoms. The number of likely N-dealkylation sites (tertiary alicyclic amines) is 1. The van der Waals surface area contributed by atoms with E-state index in [0.717, 1.165) is 31.7 Å². The molecule has 4 heteroatoms. The molecule has 0 spiro atoms. The average molecular weight is 395 g/mol. The molecule has 1 aliphatic heterocycles. The van der Waals surface area contributed by atoms with Crippen molar-refractivity contribution < 1.29 is 9.53 Å². The van der Waals surface area contributed by atoms with E-state index in [-0.39, 0.29) is 11.8 Å². The van der Waals surface area contributed by atoms with Gasteiger partial charge >= 0.3 is 0 Å². The Bertz CT molecular complexity index is 760. The minimum absolute atomic E-state index is 0.155. The smallest absolute Gasteiger partial charge is 0.220 e. The number of rotatable bonds is 8. The molecule has 3 unspecified atom stereocenters. The Kier molecular flexibility index (Phi) is 7.70. The van der Waals surface area contributed by atoms with Crippen LogP contribution in [0.4, 0.5) is 0 Å². The van der Waals surface area contributed by atoms with Crippen LogP contribution in [0.15, 0.2) is 54.6 Å². The van der Waals surface area contributed by atoms with Crippen LogP contribution in [0.5, 0.6) is 5.75 Å². The fourth-order valence-electron chi connectivity index (χ4n) is 4.57. The minimum Gasteiger partial charge on any atom is -0.497 e. The van der Waals surface area contributed by atoms with E-state index in [1.54, 1.807) is 7.11 Å². The SMILES string of the molecule is CCC(CC(=O)NCC1CCCN(C)C1c1ccc(OC)cc1)c1ccccc1. The molecule has 1 amide bonds. The zero-order valence-corrected chi connectivity index (χ0v) is 17.9. The van der Waals surface area contributed by atoms with E-state index >= 15 is 0 Å². The van der Waals surface area contributed by atoms with Crippen molar-refractivity contribution in [1.82, 2.24) is 10.2 Å². The number of carbonyl (C=O) groups excluding carboxylic acids is 1. The second-order valence-corrected chi connectivity index (χ2v) is 8.12. The molecule has 2 aromatic carbocycles. The number of piperidine rings is 1. The van der Waals surface area contributed by atoms with Crippen molar-refractivity contribution in [1.29, 1.82) is 0 Å². The molecule has 4 nitrogen and oxygen atoms in total. The van der Waals surface area contributed by atoms with Crippen molar-refractivity contribution in [3.8, 4) is 5.75 Å². The summed E-state index contributed by atoms with van der Waals surface area (Å²) >= 11 is 0. The normalized spacial score (nSPS) is 20.8. The molecule has 1 fully saturated rings. The highest BCUT2D eigenvalue weighted by Gasteiger charge is 2.30. The largest absolute Gasteiger partial charge is 0.497 e. The van der Waals surface area contributed by atoms with Gasteiger partial charge in [-0.25, -0.2) is 0 Å². The lowest BCUT2D eigenvalue weighted by atomic mass is 9.84. The predicted molar refractivity (Wildman–Crippen MR) is 118 cm³/mol. The van der Waals surface area contributed by atoms with Crippen LogP contribution in [0.25, 0.3) is 0 Å². The molecule has 0 bridgehead atoms. The van der Waals surface area contributed by atoms with Crippen LogP contribution in [0.1, 0.15) is 55.7 Å². The topological polar surface area (TPSA) is 41.6 Å². The molecule has 0 aliphatic carbocycles. The lowest BCUT2D eigenvalue weighted by Crippen LogP contribution is -2.42. The summed E-state index contributed by atoms with van der Waals surface area (Å²) in [6.45, 7) is 3.97. The maximum Gasteiger partial charge on any atom is 0.220 e. The van der Waals surface area contributed by atoms with Gasteiger partial charge in [-0.3, -0.25) is 9.69 Å². The zero-order valence-electron chi connectivity index (χ0n) is 17.9. The third-order valence-corrected chi connectivity index (χ3v) is 6.22. The van der Waals surface area contributed by atoms with Gasteiger partial charge in [-0.05, 0) is 68.0 Å². The predicted octanol–water partition coefficient (Wildman–Crippen LogP) is 4.78. The number of amides is 1. The molecule has 2 aromatic rings. The van der Waals surface area contributed by atoms with Crippen LogP contribution in [0.2, 0.25) is 0 Å². The Morgan fingerprint density at radius 3 is 2.55 bits per heavy atom. The number of methoxy groups -OCH3 is 1. The summed E-state index contributed by atoms with van der Waals surface area (Å²) in [5.74, 6) is 1.73. The zero-order chi connectivity index (χ0) is 20.6. The number of nitrogens with one attached hydrogen (secondary N) is 1. The summed E-state index contributed by atoms with van der Waals surface area (Å²) in [4.78, 5) is 15.1. The van der Waals surface area contributed by atoms with Gasteiger partial charge < -0.3 is 10.1 Å². The van der Waals surface area contributed by atoms with Gasteiger partial charge in [-0.15, -0.1) is 0 Å². The molecule has 1 heterocycles. The quantitative estimate of drug-likeness (QED) is 0.701. The first-order valence-corrected chi connectivity index (χ1v) is 10.8. The molecule has 0 radical (unpaired) electrons. The molecule has 156 valence electrons. The number of hydrogen-bond donors (Lipinski definition) is 1. The fourth-order valence-corrected chi connectivity index (χ4v) is 4.57. The first kappa shape index (κ1) is 21.4. The van der Waals surface area contributed by atoms with Gasteiger partial charge in [0.2, 0.25) is 5.91 Å². The maximum absolute atomic E-state index is 12.7. The molecule has 0 aromatic heterocycles. The molecule has 1 saturated heterocycles. The van der Waals surface area contributed by atoms with Gasteiger partial charge in [0.1, 0.15) is 5.75 Å². The fraction of sp³-hybridized carbons (Fsp3) is 0.480. The first-order valence-electron chi connectivity index (χ1n) is 10.8. The Morgan fingerprint density at radius 2 is 1.90 bits per heavy atom. The molecule has 3 atom stereocenters. The summed E-state index contributed by atoms with van der Waals surface area (Å²) in [7, 11) is 3.88. The molecule has 0 saturated carbocycles. The second-order valence-electron chi connectivity index (χ2n) is 8.12. The van der Waals surface area contributed by atoms with Crippen LogP contribution < -0.4 is 10.1 Å². The second kappa shape index (κ2) is 10.4. The minimum atomic E-state index is 0.155. The number of nitrogens with zero attached hydrogens (tertiary/aromatic N) is 1. The standard InChI is InChI=1S/C25H34N2O2/c1-4-19(20-9-6-5-7-10-20)17-24(28)26-18-22-11-8-16-27(2)25(22)21-12-14-23(29-3)15-13-21/h5-7,9-10,12-15,19,22,25H,4,8,11,16-18H2,1-3H3,(H,26,28). The van der Waals surface area contributed by atoms with Crippen LogP contribution in [-0.2, 0) is 4.79 Å². The highest BCUT2D eigenvalue weighted by atomic mass is 16.5. The van der Waals surface area contributed by atoms with Crippen molar-refractivity contribution in [2.75, 3.05) is 27.2 Å². The lowest BCUT2D eigenvalue weighted by Gasteiger charge is -2.39. The number of benzene rings is 2. The molecule has 1 N–H and O–H groups in total. The monoisotopic (exact) mass is 394 g/mol. The highest BCUT2D eigenvalue weighted by Crippen LogP contribution is 2.35. The Balaban J connectivity index is 1.61. The van der Waals surface area contributed by atoms with E-state index in [0.29, 0.717) is 18.4 Å². The Hall–Kier alpha value is -2.33. The number of carbonyl (C=O) groups is 1. The van der Waals surface area contributed by atoms with E-state index in [4.69, 9.17) is 4.74 Å². The van der Waals surface area contributed by atoms with Crippen molar-refractivity contribution in [3.63, 3.8) is 0 Å². The van der Waals surface area contributed by atoms with Gasteiger partial charge in [0.05, 0.1) is 7.11 Å². The highest BCUT2D eigenvalue weighted by molar-refractivity contribution is 5.76. The van der Waals surface area contributed by atoms with Crippen LogP contribution >= 0.6 is 0 Å². The number of ether oxygens (including phenoxy) is 1. The summed E-state index contributed by atoms with van der Waals surface area (Å²) in [6.07, 6.45) is 3.83. The summed E-state index contributed by atoms with van der Waals surface area (Å²) in [6, 6.07) is 19.1. The van der Waals surface area contributed by atoms with E-state index in [2.05, 4.69) is 48.5 Å². The van der Waals surface area contributed by atoms with Gasteiger partial charge in [-0.1, -0.05) is 49.4 Å². The molecule has 3 rings (SSSR count). The summed E-state index contributed by atoms with van der Waals surface area (Å²) in [5, 5.41) is 3.24. The Labute approximate surface area is 175 Å². The van der Waals surface area contributed by atoms with Gasteiger partial charge in [-0.2, -0.15) is 0 Å². The Morgan fingerprint density at radius 1 is 1.17 bits per heavy atom. The van der Waals surface area contributed by atoms with Crippen molar-refractivity contribution >= 4 is 5.91 Å². The van der Waals surface area contributed by atoms with Gasteiger partial charge in [0.25, 0.3) is 0 Å². The molecular formula is C25H34N2O2. The average Bonchev–Trinajstić information content (AvgIpc) is 2.77. The lowest BCUT2D eigenvalue weighted by molar-refractivity contribution is -0.121. The third kappa shape index (κ3) is 5.60. The summed E-state index contributed by atoms with van der Waals surface area (Å²) < 4.78 is 5.30. The molecule has 1 aliphatic rings. The van der Waals surface area contributed by atoms with Crippen LogP contribution in [0.3, 0.4) is 0 Å². The first-order chi connectivity index (χ1) is 14.1. The van der Waals surface area contributed by atoms with E-state index in [1.807, 2.05) is 30.3 Å². The van der Waals surface area contributed by atoms with E-state index in [9.17, 15) is 4.79 Å². The number of hydrogen-bond acceptors (Lipinski definition) is 3. The van der Waals surface area contributed by atoms with Crippen molar-refractivity contribution in [2.45, 2.75) is 44.6 Å². The van der Waals surface area contributed by atoms with Gasteiger partial charge in [0, 0.05) is 19.0 Å². The van der Waals surface area contributed by atoms with Gasteiger partial charge in [0.15, 0.2) is 0 Å². The van der Waals surface area contributed by atoms with Crippen LogP contribution in [0, 0.1) is 5.92 Å². The maximum atomic E-state index is 12.7. The van der Waals surface area contributed by atoms with E-state index < -0.39 is 0 Å². The van der Waals surface area contributed by atoms with E-state index in [1.165, 1.54) is 17.5 Å². The van der Waals surface area contributed by atoms with Crippen molar-refractivity contribution in [2.24, 2.45) is 5.92 Å². The summed E-state index contributed by atoms with van der Waals surface area (Å²) in [5.41, 5.74) is 2.54. The molecular weight excluding hydrogens is 360 g/mol. The van der Waals surface area contributed by atoms with Crippen molar-refractivity contribution in [3.05, 3.63) is 65.7 Å². The van der Waals surface area contributed by atoms with Crippen LogP contribution in [-0.4, -0.2) is 38.1 Å². The third-order valence-electron chi connectivity index (χ3n) is 6.22.